The van der Waals surface area contributed by atoms with Crippen LogP contribution in [-0.4, -0.2) is 14.3 Å². The first kappa shape index (κ1) is 22.4. The number of carbonyl (C=O) groups is 1. The van der Waals surface area contributed by atoms with Crippen molar-refractivity contribution in [3.63, 3.8) is 0 Å². The summed E-state index contributed by atoms with van der Waals surface area (Å²) in [6, 6.07) is 30.6. The molecule has 1 heterocycles. The van der Waals surface area contributed by atoms with Crippen molar-refractivity contribution in [1.82, 2.24) is 0 Å². The van der Waals surface area contributed by atoms with Crippen LogP contribution >= 0.6 is 0 Å². The van der Waals surface area contributed by atoms with Gasteiger partial charge in [0, 0.05) is 16.6 Å². The van der Waals surface area contributed by atoms with Gasteiger partial charge in [0.1, 0.15) is 5.58 Å². The van der Waals surface area contributed by atoms with Crippen LogP contribution in [0.1, 0.15) is 16.1 Å². The molecule has 0 atom stereocenters. The average Bonchev–Trinajstić information content (AvgIpc) is 3.23. The highest BCUT2D eigenvalue weighted by atomic mass is 32.2. The van der Waals surface area contributed by atoms with Crippen LogP contribution in [-0.2, 0) is 10.0 Å². The first-order chi connectivity index (χ1) is 16.9. The molecule has 7 heteroatoms. The molecule has 1 amide bonds. The molecule has 5 aromatic rings. The van der Waals surface area contributed by atoms with Gasteiger partial charge in [0.05, 0.1) is 10.6 Å². The van der Waals surface area contributed by atoms with E-state index in [1.165, 1.54) is 12.1 Å². The van der Waals surface area contributed by atoms with Crippen LogP contribution in [0.5, 0.6) is 0 Å². The van der Waals surface area contributed by atoms with Crippen LogP contribution in [0, 0.1) is 6.92 Å². The van der Waals surface area contributed by atoms with Gasteiger partial charge in [0.25, 0.3) is 15.9 Å². The normalized spacial score (nSPS) is 11.3. The summed E-state index contributed by atoms with van der Waals surface area (Å²) in [5.41, 5.74) is 4.06. The lowest BCUT2D eigenvalue weighted by molar-refractivity contribution is 0.0998. The molecule has 5 rings (SSSR count). The number of amides is 1. The third kappa shape index (κ3) is 4.54. The van der Waals surface area contributed by atoms with Crippen LogP contribution in [0.15, 0.2) is 112 Å². The Hall–Kier alpha value is -4.36. The highest BCUT2D eigenvalue weighted by molar-refractivity contribution is 7.92. The van der Waals surface area contributed by atoms with Crippen LogP contribution in [0.2, 0.25) is 0 Å². The fourth-order valence-corrected chi connectivity index (χ4v) is 5.07. The number of furan rings is 1. The van der Waals surface area contributed by atoms with Gasteiger partial charge in [0.2, 0.25) is 0 Å². The summed E-state index contributed by atoms with van der Waals surface area (Å²) in [4.78, 5) is 13.2. The van der Waals surface area contributed by atoms with Crippen molar-refractivity contribution in [3.8, 4) is 11.1 Å². The minimum absolute atomic E-state index is 0.124. The Labute approximate surface area is 203 Å². The summed E-state index contributed by atoms with van der Waals surface area (Å²) in [6.07, 6.45) is 0. The SMILES string of the molecule is Cc1c(C(=O)Nc2ccc(-c3ccccc3)cc2)oc2cccc(NS(=O)(=O)c3ccccc3)c12. The van der Waals surface area contributed by atoms with Crippen molar-refractivity contribution in [1.29, 1.82) is 0 Å². The van der Waals surface area contributed by atoms with Gasteiger partial charge in [-0.2, -0.15) is 0 Å². The highest BCUT2D eigenvalue weighted by Gasteiger charge is 2.22. The van der Waals surface area contributed by atoms with Crippen LogP contribution < -0.4 is 10.0 Å². The summed E-state index contributed by atoms with van der Waals surface area (Å²) >= 11 is 0. The van der Waals surface area contributed by atoms with Crippen molar-refractivity contribution >= 4 is 38.3 Å². The van der Waals surface area contributed by atoms with Gasteiger partial charge < -0.3 is 9.73 Å². The van der Waals surface area contributed by atoms with Gasteiger partial charge in [-0.15, -0.1) is 0 Å². The lowest BCUT2D eigenvalue weighted by Crippen LogP contribution is -2.13. The van der Waals surface area contributed by atoms with E-state index in [0.29, 0.717) is 27.9 Å². The topological polar surface area (TPSA) is 88.4 Å². The Morgan fingerprint density at radius 3 is 2.06 bits per heavy atom. The quantitative estimate of drug-likeness (QED) is 0.291. The molecule has 0 aliphatic rings. The van der Waals surface area contributed by atoms with Gasteiger partial charge >= 0.3 is 0 Å². The lowest BCUT2D eigenvalue weighted by Gasteiger charge is -2.09. The fraction of sp³-hybridized carbons (Fsp3) is 0.0357. The fourth-order valence-electron chi connectivity index (χ4n) is 3.97. The number of carbonyl (C=O) groups excluding carboxylic acids is 1. The number of benzene rings is 4. The Balaban J connectivity index is 1.41. The third-order valence-electron chi connectivity index (χ3n) is 5.71. The van der Waals surface area contributed by atoms with Crippen molar-refractivity contribution in [3.05, 3.63) is 114 Å². The van der Waals surface area contributed by atoms with Crippen molar-refractivity contribution in [2.75, 3.05) is 10.0 Å². The smallest absolute Gasteiger partial charge is 0.291 e. The monoisotopic (exact) mass is 482 g/mol. The molecule has 2 N–H and O–H groups in total. The van der Waals surface area contributed by atoms with Gasteiger partial charge in [-0.1, -0.05) is 66.7 Å². The summed E-state index contributed by atoms with van der Waals surface area (Å²) < 4.78 is 34.2. The van der Waals surface area contributed by atoms with Crippen LogP contribution in [0.3, 0.4) is 0 Å². The van der Waals surface area contributed by atoms with E-state index in [2.05, 4.69) is 10.0 Å². The number of sulfonamides is 1. The summed E-state index contributed by atoms with van der Waals surface area (Å²) in [7, 11) is -3.80. The predicted molar refractivity (Wildman–Crippen MR) is 138 cm³/mol. The first-order valence-corrected chi connectivity index (χ1v) is 12.5. The molecule has 4 aromatic carbocycles. The van der Waals surface area contributed by atoms with Crippen LogP contribution in [0.25, 0.3) is 22.1 Å². The minimum atomic E-state index is -3.80. The van der Waals surface area contributed by atoms with Gasteiger partial charge in [-0.05, 0) is 54.4 Å². The Kier molecular flexibility index (Phi) is 5.84. The van der Waals surface area contributed by atoms with Crippen molar-refractivity contribution < 1.29 is 17.6 Å². The van der Waals surface area contributed by atoms with Crippen molar-refractivity contribution in [2.24, 2.45) is 0 Å². The number of hydrogen-bond donors (Lipinski definition) is 2. The Bertz CT molecular complexity index is 1610. The standard InChI is InChI=1S/C28H22N2O4S/c1-19-26-24(30-35(32,33)23-11-6-3-7-12-23)13-8-14-25(26)34-27(19)28(31)29-22-17-15-21(16-18-22)20-9-4-2-5-10-20/h2-18,30H,1H3,(H,29,31). The zero-order valence-corrected chi connectivity index (χ0v) is 19.7. The number of aryl methyl sites for hydroxylation is 1. The average molecular weight is 483 g/mol. The zero-order chi connectivity index (χ0) is 24.4. The van der Waals surface area contributed by atoms with Gasteiger partial charge in [0.15, 0.2) is 5.76 Å². The lowest BCUT2D eigenvalue weighted by atomic mass is 10.1. The van der Waals surface area contributed by atoms with E-state index in [9.17, 15) is 13.2 Å². The maximum Gasteiger partial charge on any atom is 0.291 e. The number of fused-ring (bicyclic) bond motifs is 1. The molecular weight excluding hydrogens is 460 g/mol. The number of nitrogens with one attached hydrogen (secondary N) is 2. The first-order valence-electron chi connectivity index (χ1n) is 11.0. The van der Waals surface area contributed by atoms with Crippen molar-refractivity contribution in [2.45, 2.75) is 11.8 Å². The molecule has 0 saturated carbocycles. The molecule has 0 aliphatic heterocycles. The molecule has 6 nitrogen and oxygen atoms in total. The second kappa shape index (κ2) is 9.12. The third-order valence-corrected chi connectivity index (χ3v) is 7.09. The Morgan fingerprint density at radius 2 is 1.37 bits per heavy atom. The van der Waals surface area contributed by atoms with E-state index in [1.807, 2.05) is 54.6 Å². The van der Waals surface area contributed by atoms with E-state index < -0.39 is 15.9 Å². The summed E-state index contributed by atoms with van der Waals surface area (Å²) in [5, 5.41) is 3.40. The molecular formula is C28H22N2O4S. The van der Waals surface area contributed by atoms with Gasteiger partial charge in [-0.25, -0.2) is 8.42 Å². The van der Waals surface area contributed by atoms with E-state index in [1.54, 1.807) is 43.3 Å². The number of anilines is 2. The molecule has 0 fully saturated rings. The van der Waals surface area contributed by atoms with E-state index in [-0.39, 0.29) is 10.7 Å². The maximum absolute atomic E-state index is 13.0. The number of hydrogen-bond acceptors (Lipinski definition) is 4. The number of rotatable bonds is 6. The molecule has 0 aliphatic carbocycles. The van der Waals surface area contributed by atoms with E-state index in [0.717, 1.165) is 11.1 Å². The molecule has 1 aromatic heterocycles. The summed E-state index contributed by atoms with van der Waals surface area (Å²) in [6.45, 7) is 1.74. The van der Waals surface area contributed by atoms with Gasteiger partial charge in [-0.3, -0.25) is 9.52 Å². The summed E-state index contributed by atoms with van der Waals surface area (Å²) in [5.74, 6) is -0.290. The zero-order valence-electron chi connectivity index (χ0n) is 18.9. The Morgan fingerprint density at radius 1 is 0.743 bits per heavy atom. The largest absolute Gasteiger partial charge is 0.451 e. The van der Waals surface area contributed by atoms with E-state index in [4.69, 9.17) is 4.42 Å². The predicted octanol–water partition coefficient (Wildman–Crippen LogP) is 6.46. The molecule has 0 spiro atoms. The van der Waals surface area contributed by atoms with E-state index >= 15 is 0 Å². The molecule has 0 saturated heterocycles. The molecule has 35 heavy (non-hydrogen) atoms. The second-order valence-electron chi connectivity index (χ2n) is 8.05. The second-order valence-corrected chi connectivity index (χ2v) is 9.73. The molecule has 174 valence electrons. The molecule has 0 radical (unpaired) electrons. The molecule has 0 unspecified atom stereocenters. The minimum Gasteiger partial charge on any atom is -0.451 e. The highest BCUT2D eigenvalue weighted by Crippen LogP contribution is 2.33. The molecule has 0 bridgehead atoms. The van der Waals surface area contributed by atoms with Crippen LogP contribution in [0.4, 0.5) is 11.4 Å². The maximum atomic E-state index is 13.0.